The highest BCUT2D eigenvalue weighted by atomic mass is 35.5. The first-order chi connectivity index (χ1) is 25.6. The fraction of sp³-hybridized carbons (Fsp3) is 0.351. The number of hydrogen-bond acceptors (Lipinski definition) is 7. The molecule has 0 aliphatic heterocycles. The lowest BCUT2D eigenvalue weighted by Crippen LogP contribution is -2.66. The number of phosphoric ester groups is 1. The lowest BCUT2D eigenvalue weighted by atomic mass is 9.78. The van der Waals surface area contributed by atoms with Crippen LogP contribution in [0.5, 0.6) is 5.75 Å². The number of primary amides is 1. The van der Waals surface area contributed by atoms with E-state index >= 15 is 0 Å². The first-order valence-electron chi connectivity index (χ1n) is 17.3. The second-order valence-electron chi connectivity index (χ2n) is 13.4. The summed E-state index contributed by atoms with van der Waals surface area (Å²) in [6, 6.07) is 15.9. The number of phosphoric acid groups is 1. The number of hydrogen-bond donors (Lipinski definition) is 6. The summed E-state index contributed by atoms with van der Waals surface area (Å²) >= 11 is 12.9. The van der Waals surface area contributed by atoms with Crippen LogP contribution in [-0.4, -0.2) is 61.7 Å². The number of nitrogens with zero attached hydrogens (tertiary/aromatic N) is 1. The number of nitrogens with one attached hydrogen (secondary N) is 3. The van der Waals surface area contributed by atoms with Crippen molar-refractivity contribution in [1.29, 1.82) is 0 Å². The van der Waals surface area contributed by atoms with Crippen molar-refractivity contribution in [3.8, 4) is 5.75 Å². The van der Waals surface area contributed by atoms with Crippen LogP contribution >= 0.6 is 31.0 Å². The van der Waals surface area contributed by atoms with Crippen molar-refractivity contribution in [2.45, 2.75) is 70.6 Å². The van der Waals surface area contributed by atoms with Crippen molar-refractivity contribution in [3.05, 3.63) is 99.2 Å². The van der Waals surface area contributed by atoms with Crippen LogP contribution in [0, 0.1) is 5.92 Å². The van der Waals surface area contributed by atoms with Crippen LogP contribution < -0.4 is 20.9 Å². The van der Waals surface area contributed by atoms with Crippen LogP contribution in [0.2, 0.25) is 10.0 Å². The maximum Gasteiger partial charge on any atom is 0.524 e. The molecule has 0 radical (unpaired) electrons. The zero-order chi connectivity index (χ0) is 39.2. The third-order valence-corrected chi connectivity index (χ3v) is 10.4. The summed E-state index contributed by atoms with van der Waals surface area (Å²) in [7, 11) is -4.77. The van der Waals surface area contributed by atoms with Gasteiger partial charge in [-0.2, -0.15) is 0 Å². The molecular weight excluding hydrogens is 760 g/mol. The largest absolute Gasteiger partial charge is 0.524 e. The van der Waals surface area contributed by atoms with Crippen molar-refractivity contribution in [2.24, 2.45) is 11.7 Å². The number of nitrogens with two attached hydrogens (primary N) is 1. The fourth-order valence-electron chi connectivity index (χ4n) is 6.45. The number of H-pyrrole nitrogens is 1. The van der Waals surface area contributed by atoms with Crippen molar-refractivity contribution in [3.63, 3.8) is 0 Å². The fourth-order valence-corrected chi connectivity index (χ4v) is 7.39. The number of benzene rings is 3. The minimum absolute atomic E-state index is 0.0190. The highest BCUT2D eigenvalue weighted by Crippen LogP contribution is 2.39. The third-order valence-electron chi connectivity index (χ3n) is 9.47. The number of halogens is 2. The van der Waals surface area contributed by atoms with Gasteiger partial charge in [0.15, 0.2) is 0 Å². The van der Waals surface area contributed by atoms with Crippen LogP contribution in [0.4, 0.5) is 9.59 Å². The van der Waals surface area contributed by atoms with E-state index in [0.29, 0.717) is 44.9 Å². The maximum absolute atomic E-state index is 14.6. The molecule has 1 aromatic heterocycles. The van der Waals surface area contributed by atoms with Gasteiger partial charge in [0, 0.05) is 29.1 Å². The number of carbonyl (C=O) groups is 4. The first-order valence-corrected chi connectivity index (χ1v) is 19.6. The zero-order valence-corrected chi connectivity index (χ0v) is 32.0. The average molecular weight is 803 g/mol. The summed E-state index contributed by atoms with van der Waals surface area (Å²) in [4.78, 5) is 77.6. The summed E-state index contributed by atoms with van der Waals surface area (Å²) in [5.74, 6) is -1.56. The Bertz CT molecular complexity index is 2060. The molecule has 14 nitrogen and oxygen atoms in total. The van der Waals surface area contributed by atoms with Gasteiger partial charge in [-0.15, -0.1) is 0 Å². The zero-order valence-electron chi connectivity index (χ0n) is 29.6. The van der Waals surface area contributed by atoms with E-state index in [1.54, 1.807) is 48.5 Å². The quantitative estimate of drug-likeness (QED) is 0.0804. The standard InChI is InChI=1S/C37H42Cl2N5O9P/c1-3-22(2)20-44(35(40)47)34(46)37(16-15-30-28(19-37)27-17-25(38)18-29(39)32(27)41-30)43-33(45)31(42-36(48)52-21-24-7-5-4-6-8-24)14-11-23-9-12-26(13-10-23)53-54(49,50)51/h4-10,12-13,17-18,22,31,41H,3,11,14-16,19-21H2,1-2H3,(H2,40,47)(H,42,48)(H,43,45)(H2,49,50,51)/t22-,31-,37+/m0/s1. The molecule has 54 heavy (non-hydrogen) atoms. The minimum Gasteiger partial charge on any atom is -0.445 e. The Morgan fingerprint density at radius 3 is 2.41 bits per heavy atom. The SMILES string of the molecule is CC[C@H](C)CN(C(N)=O)C(=O)[C@@]1(NC(=O)[C@H](CCc2ccc(OP(=O)(O)O)cc2)NC(=O)OCc2ccccc2)CCc2[nH]c3c(Cl)cc(Cl)cc3c2C1. The summed E-state index contributed by atoms with van der Waals surface area (Å²) in [5.41, 5.74) is 7.59. The van der Waals surface area contributed by atoms with Gasteiger partial charge in [-0.05, 0) is 72.6 Å². The number of imide groups is 1. The Morgan fingerprint density at radius 1 is 1.06 bits per heavy atom. The predicted octanol–water partition coefficient (Wildman–Crippen LogP) is 6.17. The van der Waals surface area contributed by atoms with Gasteiger partial charge in [0.05, 0.1) is 10.5 Å². The van der Waals surface area contributed by atoms with E-state index in [1.807, 2.05) is 19.9 Å². The number of urea groups is 1. The highest BCUT2D eigenvalue weighted by molar-refractivity contribution is 7.46. The lowest BCUT2D eigenvalue weighted by molar-refractivity contribution is -0.141. The minimum atomic E-state index is -4.77. The Kier molecular flexibility index (Phi) is 13.0. The van der Waals surface area contributed by atoms with Crippen molar-refractivity contribution in [2.75, 3.05) is 6.54 Å². The number of rotatable bonds is 14. The molecule has 288 valence electrons. The van der Waals surface area contributed by atoms with Gasteiger partial charge in [0.2, 0.25) is 5.91 Å². The number of amides is 5. The van der Waals surface area contributed by atoms with Crippen molar-refractivity contribution >= 4 is 65.9 Å². The summed E-state index contributed by atoms with van der Waals surface area (Å²) < 4.78 is 21.3. The van der Waals surface area contributed by atoms with Crippen molar-refractivity contribution < 1.29 is 42.8 Å². The van der Waals surface area contributed by atoms with Gasteiger partial charge in [-0.3, -0.25) is 24.3 Å². The number of aromatic amines is 1. The molecule has 0 saturated carbocycles. The number of alkyl carbamates (subject to hydrolysis) is 1. The van der Waals surface area contributed by atoms with E-state index in [4.69, 9.17) is 43.5 Å². The number of ether oxygens (including phenoxy) is 1. The van der Waals surface area contributed by atoms with Crippen LogP contribution in [0.1, 0.15) is 55.5 Å². The van der Waals surface area contributed by atoms with E-state index in [1.165, 1.54) is 12.1 Å². The molecule has 0 unspecified atom stereocenters. The Balaban J connectivity index is 1.47. The van der Waals surface area contributed by atoms with Gasteiger partial charge in [0.25, 0.3) is 5.91 Å². The van der Waals surface area contributed by atoms with Gasteiger partial charge >= 0.3 is 19.9 Å². The number of fused-ring (bicyclic) bond motifs is 3. The van der Waals surface area contributed by atoms with Crippen LogP contribution in [0.15, 0.2) is 66.7 Å². The summed E-state index contributed by atoms with van der Waals surface area (Å²) in [6.07, 6.45) is 0.333. The molecule has 17 heteroatoms. The van der Waals surface area contributed by atoms with E-state index in [9.17, 15) is 23.7 Å². The normalized spacial score (nSPS) is 16.5. The van der Waals surface area contributed by atoms with E-state index < -0.39 is 43.3 Å². The molecule has 0 spiro atoms. The summed E-state index contributed by atoms with van der Waals surface area (Å²) in [6.45, 7) is 3.75. The molecule has 3 atom stereocenters. The van der Waals surface area contributed by atoms with Crippen LogP contribution in [0.25, 0.3) is 10.9 Å². The predicted molar refractivity (Wildman–Crippen MR) is 203 cm³/mol. The van der Waals surface area contributed by atoms with Crippen LogP contribution in [0.3, 0.4) is 0 Å². The van der Waals surface area contributed by atoms with Gasteiger partial charge in [-0.1, -0.05) is 85.9 Å². The molecule has 1 aliphatic carbocycles. The molecule has 5 amide bonds. The van der Waals surface area contributed by atoms with Gasteiger partial charge in [0.1, 0.15) is 23.9 Å². The molecule has 5 rings (SSSR count). The number of carbonyl (C=O) groups excluding carboxylic acids is 4. The second kappa shape index (κ2) is 17.3. The van der Waals surface area contributed by atoms with E-state index in [2.05, 4.69) is 20.1 Å². The molecule has 7 N–H and O–H groups in total. The number of aromatic nitrogens is 1. The highest BCUT2D eigenvalue weighted by Gasteiger charge is 2.48. The topological polar surface area (TPSA) is 213 Å². The van der Waals surface area contributed by atoms with E-state index in [-0.39, 0.29) is 50.5 Å². The van der Waals surface area contributed by atoms with E-state index in [0.717, 1.165) is 16.2 Å². The molecular formula is C37H42Cl2N5O9P. The maximum atomic E-state index is 14.6. The lowest BCUT2D eigenvalue weighted by Gasteiger charge is -2.40. The Labute approximate surface area is 321 Å². The molecule has 3 aromatic carbocycles. The summed E-state index contributed by atoms with van der Waals surface area (Å²) in [5, 5.41) is 6.99. The molecule has 1 heterocycles. The van der Waals surface area contributed by atoms with Crippen molar-refractivity contribution in [1.82, 2.24) is 20.5 Å². The molecule has 0 bridgehead atoms. The average Bonchev–Trinajstić information content (AvgIpc) is 3.49. The number of aryl methyl sites for hydroxylation is 2. The molecule has 1 aliphatic rings. The smallest absolute Gasteiger partial charge is 0.445 e. The van der Waals surface area contributed by atoms with Gasteiger partial charge < -0.3 is 30.6 Å². The molecule has 4 aromatic rings. The second-order valence-corrected chi connectivity index (χ2v) is 15.4. The Hall–Kier alpha value is -4.59. The molecule has 0 fully saturated rings. The van der Waals surface area contributed by atoms with Gasteiger partial charge in [-0.25, -0.2) is 14.2 Å². The first kappa shape index (κ1) is 40.6. The monoisotopic (exact) mass is 801 g/mol. The Morgan fingerprint density at radius 2 is 1.76 bits per heavy atom. The van der Waals surface area contributed by atoms with Crippen LogP contribution in [-0.2, 0) is 44.8 Å². The molecule has 0 saturated heterocycles. The third kappa shape index (κ3) is 10.1.